The molecule has 1 aliphatic rings. The van der Waals surface area contributed by atoms with Gasteiger partial charge >= 0.3 is 0 Å². The molecule has 1 aromatic heterocycles. The second kappa shape index (κ2) is 8.14. The van der Waals surface area contributed by atoms with Gasteiger partial charge in [-0.05, 0) is 51.3 Å². The number of thioether (sulfide) groups is 1. The fourth-order valence-corrected chi connectivity index (χ4v) is 4.76. The third-order valence-electron chi connectivity index (χ3n) is 4.28. The molecule has 0 bridgehead atoms. The summed E-state index contributed by atoms with van der Waals surface area (Å²) in [5.41, 5.74) is 0.625. The van der Waals surface area contributed by atoms with Crippen LogP contribution in [0.3, 0.4) is 0 Å². The van der Waals surface area contributed by atoms with Crippen LogP contribution in [0.4, 0.5) is 15.2 Å². The number of hydrogen-bond acceptors (Lipinski definition) is 6. The quantitative estimate of drug-likeness (QED) is 0.784. The second-order valence-electron chi connectivity index (χ2n) is 6.23. The Balaban J connectivity index is 1.55. The molecule has 2 unspecified atom stereocenters. The third-order valence-corrected chi connectivity index (χ3v) is 6.24. The van der Waals surface area contributed by atoms with E-state index < -0.39 is 0 Å². The number of benzene rings is 1. The van der Waals surface area contributed by atoms with Gasteiger partial charge < -0.3 is 10.2 Å². The van der Waals surface area contributed by atoms with Crippen LogP contribution in [-0.4, -0.2) is 38.8 Å². The predicted molar refractivity (Wildman–Crippen MR) is 99.9 cm³/mol. The molecular weight excluding hydrogens is 359 g/mol. The van der Waals surface area contributed by atoms with Crippen molar-refractivity contribution in [1.82, 2.24) is 15.1 Å². The van der Waals surface area contributed by atoms with E-state index in [9.17, 15) is 9.18 Å². The van der Waals surface area contributed by atoms with Crippen LogP contribution in [0.2, 0.25) is 0 Å². The average Bonchev–Trinajstić information content (AvgIpc) is 3.00. The van der Waals surface area contributed by atoms with E-state index in [2.05, 4.69) is 29.4 Å². The number of nitrogens with one attached hydrogen (secondary N) is 1. The molecule has 134 valence electrons. The summed E-state index contributed by atoms with van der Waals surface area (Å²) >= 11 is 2.76. The summed E-state index contributed by atoms with van der Waals surface area (Å²) in [4.78, 5) is 14.5. The van der Waals surface area contributed by atoms with E-state index in [0.717, 1.165) is 17.2 Å². The van der Waals surface area contributed by atoms with E-state index in [0.29, 0.717) is 28.7 Å². The predicted octanol–water partition coefficient (Wildman–Crippen LogP) is 4.30. The highest BCUT2D eigenvalue weighted by atomic mass is 32.2. The van der Waals surface area contributed by atoms with Crippen LogP contribution in [0.1, 0.15) is 33.1 Å². The van der Waals surface area contributed by atoms with Crippen molar-refractivity contribution in [3.63, 3.8) is 0 Å². The van der Waals surface area contributed by atoms with Crippen molar-refractivity contribution in [1.29, 1.82) is 0 Å². The van der Waals surface area contributed by atoms with Gasteiger partial charge in [-0.25, -0.2) is 4.39 Å². The van der Waals surface area contributed by atoms with Crippen LogP contribution in [0.5, 0.6) is 0 Å². The molecule has 0 saturated carbocycles. The molecule has 0 radical (unpaired) electrons. The Morgan fingerprint density at radius 2 is 2.12 bits per heavy atom. The van der Waals surface area contributed by atoms with Gasteiger partial charge in [0.15, 0.2) is 4.34 Å². The number of amides is 1. The van der Waals surface area contributed by atoms with Crippen LogP contribution < -0.4 is 5.32 Å². The molecule has 8 heteroatoms. The first-order valence-electron chi connectivity index (χ1n) is 8.33. The molecule has 1 N–H and O–H groups in total. The van der Waals surface area contributed by atoms with Gasteiger partial charge in [0.1, 0.15) is 5.82 Å². The zero-order chi connectivity index (χ0) is 17.8. The first kappa shape index (κ1) is 18.1. The minimum Gasteiger partial charge on any atom is -0.337 e. The lowest BCUT2D eigenvalue weighted by Gasteiger charge is -2.39. The van der Waals surface area contributed by atoms with Crippen molar-refractivity contribution in [3.05, 3.63) is 30.1 Å². The minimum absolute atomic E-state index is 0.152. The summed E-state index contributed by atoms with van der Waals surface area (Å²) in [6.45, 7) is 4.23. The molecule has 0 aliphatic carbocycles. The number of likely N-dealkylation sites (tertiary alicyclic amines) is 1. The number of carbonyl (C=O) groups is 1. The molecule has 0 spiro atoms. The molecule has 1 amide bonds. The lowest BCUT2D eigenvalue weighted by atomic mass is 9.98. The summed E-state index contributed by atoms with van der Waals surface area (Å²) in [6.07, 6.45) is 3.33. The maximum Gasteiger partial charge on any atom is 0.233 e. The van der Waals surface area contributed by atoms with Crippen LogP contribution in [-0.2, 0) is 4.79 Å². The highest BCUT2D eigenvalue weighted by molar-refractivity contribution is 8.01. The summed E-state index contributed by atoms with van der Waals surface area (Å²) in [7, 11) is 0. The van der Waals surface area contributed by atoms with E-state index in [1.54, 1.807) is 12.1 Å². The van der Waals surface area contributed by atoms with E-state index in [-0.39, 0.29) is 11.7 Å². The standard InChI is InChI=1S/C17H21FN4OS2/c1-11-5-3-6-12(2)22(11)15(23)10-24-17-21-20-16(25-17)19-14-8-4-7-13(18)9-14/h4,7-9,11-12H,3,5-6,10H2,1-2H3,(H,19,20). The van der Waals surface area contributed by atoms with Crippen molar-refractivity contribution < 1.29 is 9.18 Å². The zero-order valence-corrected chi connectivity index (χ0v) is 15.9. The van der Waals surface area contributed by atoms with E-state index in [4.69, 9.17) is 0 Å². The molecule has 1 fully saturated rings. The SMILES string of the molecule is CC1CCCC(C)N1C(=O)CSc1nnc(Nc2cccc(F)c2)s1. The fraction of sp³-hybridized carbons (Fsp3) is 0.471. The van der Waals surface area contributed by atoms with Gasteiger partial charge in [-0.15, -0.1) is 10.2 Å². The van der Waals surface area contributed by atoms with Gasteiger partial charge in [0.05, 0.1) is 5.75 Å². The van der Waals surface area contributed by atoms with Crippen molar-refractivity contribution in [2.45, 2.75) is 49.5 Å². The summed E-state index contributed by atoms with van der Waals surface area (Å²) < 4.78 is 13.9. The molecule has 1 saturated heterocycles. The number of piperidine rings is 1. The van der Waals surface area contributed by atoms with E-state index in [1.165, 1.54) is 41.7 Å². The molecule has 25 heavy (non-hydrogen) atoms. The van der Waals surface area contributed by atoms with Gasteiger partial charge in [0.25, 0.3) is 0 Å². The lowest BCUT2D eigenvalue weighted by molar-refractivity contribution is -0.134. The molecule has 2 heterocycles. The third kappa shape index (κ3) is 4.70. The molecule has 1 aliphatic heterocycles. The van der Waals surface area contributed by atoms with Crippen molar-refractivity contribution in [2.24, 2.45) is 0 Å². The zero-order valence-electron chi connectivity index (χ0n) is 14.2. The molecule has 2 atom stereocenters. The number of nitrogens with zero attached hydrogens (tertiary/aromatic N) is 3. The van der Waals surface area contributed by atoms with Crippen molar-refractivity contribution in [2.75, 3.05) is 11.1 Å². The van der Waals surface area contributed by atoms with Gasteiger partial charge in [0.2, 0.25) is 11.0 Å². The maximum absolute atomic E-state index is 13.2. The smallest absolute Gasteiger partial charge is 0.233 e. The first-order valence-corrected chi connectivity index (χ1v) is 10.1. The first-order chi connectivity index (χ1) is 12.0. The Hall–Kier alpha value is -1.67. The topological polar surface area (TPSA) is 58.1 Å². The number of anilines is 2. The van der Waals surface area contributed by atoms with Gasteiger partial charge in [-0.3, -0.25) is 4.79 Å². The Morgan fingerprint density at radius 3 is 2.84 bits per heavy atom. The van der Waals surface area contributed by atoms with Crippen LogP contribution in [0, 0.1) is 5.82 Å². The molecular formula is C17H21FN4OS2. The number of carbonyl (C=O) groups excluding carboxylic acids is 1. The number of rotatable bonds is 5. The number of aromatic nitrogens is 2. The van der Waals surface area contributed by atoms with Crippen LogP contribution in [0.25, 0.3) is 0 Å². The van der Waals surface area contributed by atoms with Gasteiger partial charge in [-0.2, -0.15) is 0 Å². The summed E-state index contributed by atoms with van der Waals surface area (Å²) in [6, 6.07) is 6.79. The Morgan fingerprint density at radius 1 is 1.36 bits per heavy atom. The summed E-state index contributed by atoms with van der Waals surface area (Å²) in [5, 5.41) is 11.8. The fourth-order valence-electron chi connectivity index (χ4n) is 3.12. The maximum atomic E-state index is 13.2. The number of hydrogen-bond donors (Lipinski definition) is 1. The Bertz CT molecular complexity index is 729. The van der Waals surface area contributed by atoms with Gasteiger partial charge in [-0.1, -0.05) is 29.2 Å². The highest BCUT2D eigenvalue weighted by Gasteiger charge is 2.28. The summed E-state index contributed by atoms with van der Waals surface area (Å²) in [5.74, 6) is 0.211. The second-order valence-corrected chi connectivity index (χ2v) is 8.43. The van der Waals surface area contributed by atoms with Crippen molar-refractivity contribution in [3.8, 4) is 0 Å². The average molecular weight is 381 g/mol. The molecule has 3 rings (SSSR count). The lowest BCUT2D eigenvalue weighted by Crippen LogP contribution is -2.48. The Kier molecular flexibility index (Phi) is 5.90. The molecule has 5 nitrogen and oxygen atoms in total. The Labute approximate surface area is 155 Å². The van der Waals surface area contributed by atoms with Crippen LogP contribution >= 0.6 is 23.1 Å². The molecule has 2 aromatic rings. The van der Waals surface area contributed by atoms with Crippen molar-refractivity contribution >= 4 is 39.8 Å². The molecule has 1 aromatic carbocycles. The number of halogens is 1. The normalized spacial score (nSPS) is 20.5. The minimum atomic E-state index is -0.306. The highest BCUT2D eigenvalue weighted by Crippen LogP contribution is 2.29. The van der Waals surface area contributed by atoms with E-state index >= 15 is 0 Å². The largest absolute Gasteiger partial charge is 0.337 e. The van der Waals surface area contributed by atoms with Crippen LogP contribution in [0.15, 0.2) is 28.6 Å². The van der Waals surface area contributed by atoms with Gasteiger partial charge in [0, 0.05) is 17.8 Å². The monoisotopic (exact) mass is 380 g/mol. The van der Waals surface area contributed by atoms with E-state index in [1.807, 2.05) is 4.90 Å².